The monoisotopic (exact) mass is 389 g/mol. The summed E-state index contributed by atoms with van der Waals surface area (Å²) in [5, 5.41) is 4.31. The van der Waals surface area contributed by atoms with Crippen molar-refractivity contribution in [3.8, 4) is 0 Å². The van der Waals surface area contributed by atoms with Crippen molar-refractivity contribution in [1.82, 2.24) is 4.98 Å². The lowest BCUT2D eigenvalue weighted by Gasteiger charge is -2.23. The summed E-state index contributed by atoms with van der Waals surface area (Å²) in [5.41, 5.74) is 9.01. The van der Waals surface area contributed by atoms with Crippen molar-refractivity contribution in [3.63, 3.8) is 0 Å². The zero-order valence-electron chi connectivity index (χ0n) is 19.3. The Morgan fingerprint density at radius 1 is 0.552 bits per heavy atom. The Morgan fingerprint density at radius 2 is 1.03 bits per heavy atom. The lowest BCUT2D eigenvalue weighted by atomic mass is 9.84. The minimum atomic E-state index is 1.09. The van der Waals surface area contributed by atoms with Crippen LogP contribution in [0.15, 0.2) is 24.3 Å². The van der Waals surface area contributed by atoms with Gasteiger partial charge in [0.2, 0.25) is 0 Å². The highest BCUT2D eigenvalue weighted by Gasteiger charge is 2.21. The first-order chi connectivity index (χ1) is 14.2. The molecule has 0 saturated carbocycles. The molecule has 0 amide bonds. The van der Waals surface area contributed by atoms with E-state index in [1.165, 1.54) is 59.5 Å². The second kappa shape index (κ2) is 10.2. The lowest BCUT2D eigenvalue weighted by Crippen LogP contribution is -2.09. The third kappa shape index (κ3) is 4.20. The fourth-order valence-corrected chi connectivity index (χ4v) is 5.09. The van der Waals surface area contributed by atoms with Crippen LogP contribution in [0.25, 0.3) is 21.7 Å². The summed E-state index contributed by atoms with van der Waals surface area (Å²) in [6.07, 6.45) is 11.7. The van der Waals surface area contributed by atoms with E-state index in [1.807, 2.05) is 0 Å². The topological polar surface area (TPSA) is 12.9 Å². The first-order valence-corrected chi connectivity index (χ1v) is 12.1. The van der Waals surface area contributed by atoms with Gasteiger partial charge in [0.05, 0.1) is 5.52 Å². The maximum Gasteiger partial charge on any atom is 0.0789 e. The van der Waals surface area contributed by atoms with Crippen molar-refractivity contribution in [1.29, 1.82) is 0 Å². The van der Waals surface area contributed by atoms with Gasteiger partial charge in [0, 0.05) is 16.5 Å². The molecule has 3 rings (SSSR count). The van der Waals surface area contributed by atoms with Crippen LogP contribution >= 0.6 is 0 Å². The SMILES string of the molecule is CCCc1nc2c(c(CCC)c1CCC)c(CCC)c(CCC)c1ccccc12. The van der Waals surface area contributed by atoms with E-state index in [9.17, 15) is 0 Å². The molecule has 0 radical (unpaired) electrons. The average Bonchev–Trinajstić information content (AvgIpc) is 2.73. The molecular weight excluding hydrogens is 350 g/mol. The summed E-state index contributed by atoms with van der Waals surface area (Å²) < 4.78 is 0. The fraction of sp³-hybridized carbons (Fsp3) is 0.536. The van der Waals surface area contributed by atoms with Crippen LogP contribution in [0.5, 0.6) is 0 Å². The summed E-state index contributed by atoms with van der Waals surface area (Å²) in [6.45, 7) is 11.6. The molecule has 0 spiro atoms. The molecule has 0 saturated heterocycles. The fourth-order valence-electron chi connectivity index (χ4n) is 5.09. The molecule has 0 unspecified atom stereocenters. The number of nitrogens with zero attached hydrogens (tertiary/aromatic N) is 1. The van der Waals surface area contributed by atoms with E-state index in [0.717, 1.165) is 32.1 Å². The standard InChI is InChI=1S/C28H39N/c1-6-13-20-21-18-11-12-19-25(21)28-27(23(20)15-8-3)24(16-9-4)22(14-7-2)26(29-28)17-10-5/h11-12,18-19H,6-10,13-17H2,1-5H3. The summed E-state index contributed by atoms with van der Waals surface area (Å²) >= 11 is 0. The van der Waals surface area contributed by atoms with Gasteiger partial charge in [-0.2, -0.15) is 0 Å². The number of aromatic nitrogens is 1. The van der Waals surface area contributed by atoms with Crippen molar-refractivity contribution in [2.24, 2.45) is 0 Å². The Hall–Kier alpha value is -1.89. The summed E-state index contributed by atoms with van der Waals surface area (Å²) in [6, 6.07) is 9.04. The van der Waals surface area contributed by atoms with Gasteiger partial charge in [-0.25, -0.2) is 0 Å². The molecular formula is C28H39N. The predicted octanol–water partition coefficient (Wildman–Crippen LogP) is 8.15. The molecule has 0 atom stereocenters. The molecule has 29 heavy (non-hydrogen) atoms. The Labute approximate surface area is 177 Å². The van der Waals surface area contributed by atoms with E-state index >= 15 is 0 Å². The largest absolute Gasteiger partial charge is 0.252 e. The van der Waals surface area contributed by atoms with Crippen LogP contribution in [0.3, 0.4) is 0 Å². The predicted molar refractivity (Wildman–Crippen MR) is 129 cm³/mol. The Bertz CT molecular complexity index is 967. The zero-order chi connectivity index (χ0) is 20.8. The van der Waals surface area contributed by atoms with Crippen LogP contribution in [0.2, 0.25) is 0 Å². The average molecular weight is 390 g/mol. The zero-order valence-corrected chi connectivity index (χ0v) is 19.3. The van der Waals surface area contributed by atoms with Crippen molar-refractivity contribution in [3.05, 3.63) is 52.2 Å². The van der Waals surface area contributed by atoms with E-state index in [1.54, 1.807) is 22.3 Å². The van der Waals surface area contributed by atoms with Gasteiger partial charge in [0.25, 0.3) is 0 Å². The number of benzene rings is 2. The number of aryl methyl sites for hydroxylation is 4. The molecule has 1 aromatic heterocycles. The van der Waals surface area contributed by atoms with Crippen LogP contribution in [-0.2, 0) is 32.1 Å². The van der Waals surface area contributed by atoms with Crippen LogP contribution < -0.4 is 0 Å². The van der Waals surface area contributed by atoms with Gasteiger partial charge in [-0.05, 0) is 59.7 Å². The Morgan fingerprint density at radius 3 is 1.62 bits per heavy atom. The molecule has 0 aliphatic rings. The number of hydrogen-bond donors (Lipinski definition) is 0. The minimum absolute atomic E-state index is 1.09. The van der Waals surface area contributed by atoms with Gasteiger partial charge in [0.1, 0.15) is 0 Å². The third-order valence-electron chi connectivity index (χ3n) is 6.16. The molecule has 156 valence electrons. The van der Waals surface area contributed by atoms with Crippen molar-refractivity contribution in [2.75, 3.05) is 0 Å². The van der Waals surface area contributed by atoms with Crippen LogP contribution in [-0.4, -0.2) is 4.98 Å². The van der Waals surface area contributed by atoms with Gasteiger partial charge in [-0.15, -0.1) is 0 Å². The molecule has 1 heterocycles. The highest BCUT2D eigenvalue weighted by molar-refractivity contribution is 6.10. The Balaban J connectivity index is 2.55. The highest BCUT2D eigenvalue weighted by Crippen LogP contribution is 2.38. The molecule has 3 aromatic rings. The van der Waals surface area contributed by atoms with E-state index in [2.05, 4.69) is 58.9 Å². The highest BCUT2D eigenvalue weighted by atomic mass is 14.7. The number of rotatable bonds is 10. The molecule has 0 aliphatic heterocycles. The summed E-state index contributed by atoms with van der Waals surface area (Å²) in [5.74, 6) is 0. The minimum Gasteiger partial charge on any atom is -0.252 e. The van der Waals surface area contributed by atoms with Crippen LogP contribution in [0.1, 0.15) is 94.7 Å². The molecule has 0 N–H and O–H groups in total. The molecule has 0 fully saturated rings. The van der Waals surface area contributed by atoms with Crippen LogP contribution in [0.4, 0.5) is 0 Å². The third-order valence-corrected chi connectivity index (χ3v) is 6.16. The summed E-state index contributed by atoms with van der Waals surface area (Å²) in [7, 11) is 0. The normalized spacial score (nSPS) is 11.6. The molecule has 2 aromatic carbocycles. The molecule has 0 aliphatic carbocycles. The second-order valence-corrected chi connectivity index (χ2v) is 8.49. The lowest BCUT2D eigenvalue weighted by molar-refractivity contribution is 0.807. The van der Waals surface area contributed by atoms with Crippen molar-refractivity contribution in [2.45, 2.75) is 98.8 Å². The van der Waals surface area contributed by atoms with Gasteiger partial charge in [0.15, 0.2) is 0 Å². The van der Waals surface area contributed by atoms with Gasteiger partial charge < -0.3 is 0 Å². The van der Waals surface area contributed by atoms with Crippen LogP contribution in [0, 0.1) is 0 Å². The second-order valence-electron chi connectivity index (χ2n) is 8.49. The maximum atomic E-state index is 5.40. The molecule has 1 heteroatoms. The van der Waals surface area contributed by atoms with Crippen molar-refractivity contribution < 1.29 is 0 Å². The molecule has 0 bridgehead atoms. The quantitative estimate of drug-likeness (QED) is 0.319. The first-order valence-electron chi connectivity index (χ1n) is 12.1. The number of hydrogen-bond acceptors (Lipinski definition) is 1. The Kier molecular flexibility index (Phi) is 7.70. The van der Waals surface area contributed by atoms with Gasteiger partial charge in [-0.1, -0.05) is 91.0 Å². The van der Waals surface area contributed by atoms with Crippen molar-refractivity contribution >= 4 is 21.7 Å². The van der Waals surface area contributed by atoms with Gasteiger partial charge >= 0.3 is 0 Å². The van der Waals surface area contributed by atoms with E-state index in [0.29, 0.717) is 0 Å². The smallest absolute Gasteiger partial charge is 0.0789 e. The summed E-state index contributed by atoms with van der Waals surface area (Å²) in [4.78, 5) is 5.40. The number of pyridine rings is 1. The maximum absolute atomic E-state index is 5.40. The van der Waals surface area contributed by atoms with Gasteiger partial charge in [-0.3, -0.25) is 4.98 Å². The molecule has 1 nitrogen and oxygen atoms in total. The van der Waals surface area contributed by atoms with E-state index < -0.39 is 0 Å². The van der Waals surface area contributed by atoms with E-state index in [-0.39, 0.29) is 0 Å². The van der Waals surface area contributed by atoms with E-state index in [4.69, 9.17) is 4.98 Å². The number of fused-ring (bicyclic) bond motifs is 3. The first kappa shape index (κ1) is 21.8.